The van der Waals surface area contributed by atoms with E-state index in [-0.39, 0.29) is 0 Å². The standard InChI is InChI=1S/C16H18N2O2/c1-20-15(19)16(18,13-10-6-3-7-11-13)14(17)12-8-4-2-5-9-12/h2-11,14H,17-18H2,1H3/t14-,16-/m1/s1. The summed E-state index contributed by atoms with van der Waals surface area (Å²) < 4.78 is 4.87. The average molecular weight is 270 g/mol. The van der Waals surface area contributed by atoms with Gasteiger partial charge in [0.2, 0.25) is 0 Å². The second kappa shape index (κ2) is 5.86. The summed E-state index contributed by atoms with van der Waals surface area (Å²) in [7, 11) is 1.31. The lowest BCUT2D eigenvalue weighted by molar-refractivity contribution is -0.148. The highest BCUT2D eigenvalue weighted by atomic mass is 16.5. The Hall–Kier alpha value is -2.17. The number of methoxy groups -OCH3 is 1. The minimum Gasteiger partial charge on any atom is -0.467 e. The Labute approximate surface area is 118 Å². The summed E-state index contributed by atoms with van der Waals surface area (Å²) in [6.45, 7) is 0. The number of carbonyl (C=O) groups excluding carboxylic acids is 1. The maximum atomic E-state index is 12.2. The maximum Gasteiger partial charge on any atom is 0.332 e. The lowest BCUT2D eigenvalue weighted by Gasteiger charge is -2.33. The van der Waals surface area contributed by atoms with Crippen LogP contribution >= 0.6 is 0 Å². The first kappa shape index (κ1) is 14.2. The molecule has 0 aliphatic carbocycles. The summed E-state index contributed by atoms with van der Waals surface area (Å²) >= 11 is 0. The molecule has 4 N–H and O–H groups in total. The Morgan fingerprint density at radius 2 is 1.55 bits per heavy atom. The van der Waals surface area contributed by atoms with Gasteiger partial charge in [0.25, 0.3) is 0 Å². The molecule has 2 aromatic rings. The van der Waals surface area contributed by atoms with Gasteiger partial charge < -0.3 is 16.2 Å². The molecule has 2 aromatic carbocycles. The van der Waals surface area contributed by atoms with Crippen LogP contribution in [0.15, 0.2) is 60.7 Å². The molecule has 0 saturated carbocycles. The fourth-order valence-electron chi connectivity index (χ4n) is 2.23. The molecule has 0 unspecified atom stereocenters. The summed E-state index contributed by atoms with van der Waals surface area (Å²) in [5.74, 6) is -0.556. The van der Waals surface area contributed by atoms with E-state index in [1.54, 1.807) is 12.1 Å². The van der Waals surface area contributed by atoms with Crippen molar-refractivity contribution >= 4 is 5.97 Å². The fraction of sp³-hybridized carbons (Fsp3) is 0.188. The predicted molar refractivity (Wildman–Crippen MR) is 77.7 cm³/mol. The highest BCUT2D eigenvalue weighted by molar-refractivity contribution is 5.83. The zero-order valence-electron chi connectivity index (χ0n) is 11.3. The van der Waals surface area contributed by atoms with Crippen LogP contribution in [0.3, 0.4) is 0 Å². The van der Waals surface area contributed by atoms with Crippen LogP contribution in [-0.2, 0) is 15.1 Å². The topological polar surface area (TPSA) is 78.3 Å². The van der Waals surface area contributed by atoms with Gasteiger partial charge in [0, 0.05) is 0 Å². The molecular formula is C16H18N2O2. The second-order valence-electron chi connectivity index (χ2n) is 4.61. The van der Waals surface area contributed by atoms with Crippen molar-refractivity contribution in [3.63, 3.8) is 0 Å². The molecule has 0 bridgehead atoms. The normalized spacial score (nSPS) is 15.2. The molecular weight excluding hydrogens is 252 g/mol. The van der Waals surface area contributed by atoms with Crippen molar-refractivity contribution in [2.75, 3.05) is 7.11 Å². The Balaban J connectivity index is 2.51. The van der Waals surface area contributed by atoms with Gasteiger partial charge in [-0.2, -0.15) is 0 Å². The maximum absolute atomic E-state index is 12.2. The number of rotatable bonds is 4. The Kier molecular flexibility index (Phi) is 4.17. The SMILES string of the molecule is COC(=O)[C@@](N)(c1ccccc1)[C@H](N)c1ccccc1. The molecule has 104 valence electrons. The van der Waals surface area contributed by atoms with Crippen molar-refractivity contribution in [3.8, 4) is 0 Å². The minimum absolute atomic E-state index is 0.556. The summed E-state index contributed by atoms with van der Waals surface area (Å²) in [6, 6.07) is 17.6. The Morgan fingerprint density at radius 1 is 1.05 bits per heavy atom. The van der Waals surface area contributed by atoms with Gasteiger partial charge in [-0.15, -0.1) is 0 Å². The van der Waals surface area contributed by atoms with E-state index in [0.29, 0.717) is 5.56 Å². The number of hydrogen-bond acceptors (Lipinski definition) is 4. The molecule has 4 heteroatoms. The summed E-state index contributed by atoms with van der Waals surface area (Å²) in [5, 5.41) is 0. The minimum atomic E-state index is -1.42. The predicted octanol–water partition coefficient (Wildman–Crippen LogP) is 1.71. The number of ether oxygens (including phenoxy) is 1. The highest BCUT2D eigenvalue weighted by Crippen LogP contribution is 2.32. The van der Waals surface area contributed by atoms with Crippen LogP contribution in [0.2, 0.25) is 0 Å². The molecule has 2 atom stereocenters. The molecule has 2 rings (SSSR count). The van der Waals surface area contributed by atoms with Crippen LogP contribution in [0.4, 0.5) is 0 Å². The first-order valence-corrected chi connectivity index (χ1v) is 6.34. The van der Waals surface area contributed by atoms with E-state index in [1.807, 2.05) is 48.5 Å². The van der Waals surface area contributed by atoms with Gasteiger partial charge in [-0.1, -0.05) is 60.7 Å². The third kappa shape index (κ3) is 2.43. The quantitative estimate of drug-likeness (QED) is 0.829. The van der Waals surface area contributed by atoms with Gasteiger partial charge in [0.1, 0.15) is 0 Å². The lowest BCUT2D eigenvalue weighted by Crippen LogP contribution is -2.53. The molecule has 0 spiro atoms. The summed E-state index contributed by atoms with van der Waals surface area (Å²) in [6.07, 6.45) is 0. The summed E-state index contributed by atoms with van der Waals surface area (Å²) in [5.41, 5.74) is 12.6. The van der Waals surface area contributed by atoms with Gasteiger partial charge in [-0.05, 0) is 11.1 Å². The largest absolute Gasteiger partial charge is 0.467 e. The first-order valence-electron chi connectivity index (χ1n) is 6.34. The lowest BCUT2D eigenvalue weighted by atomic mass is 9.80. The third-order valence-corrected chi connectivity index (χ3v) is 3.42. The zero-order chi connectivity index (χ0) is 14.6. The number of nitrogens with two attached hydrogens (primary N) is 2. The molecule has 20 heavy (non-hydrogen) atoms. The van der Waals surface area contributed by atoms with Crippen LogP contribution in [0.25, 0.3) is 0 Å². The molecule has 0 aromatic heterocycles. The molecule has 0 heterocycles. The summed E-state index contributed by atoms with van der Waals surface area (Å²) in [4.78, 5) is 12.2. The van der Waals surface area contributed by atoms with E-state index >= 15 is 0 Å². The van der Waals surface area contributed by atoms with Crippen molar-refractivity contribution in [2.45, 2.75) is 11.6 Å². The van der Waals surface area contributed by atoms with E-state index in [9.17, 15) is 4.79 Å². The number of benzene rings is 2. The van der Waals surface area contributed by atoms with Crippen molar-refractivity contribution in [3.05, 3.63) is 71.8 Å². The van der Waals surface area contributed by atoms with Crippen molar-refractivity contribution in [1.82, 2.24) is 0 Å². The Bertz CT molecular complexity index is 572. The average Bonchev–Trinajstić information content (AvgIpc) is 2.54. The van der Waals surface area contributed by atoms with Crippen molar-refractivity contribution < 1.29 is 9.53 Å². The van der Waals surface area contributed by atoms with Crippen molar-refractivity contribution in [2.24, 2.45) is 11.5 Å². The molecule has 0 radical (unpaired) electrons. The van der Waals surface area contributed by atoms with E-state index in [1.165, 1.54) is 7.11 Å². The molecule has 0 amide bonds. The van der Waals surface area contributed by atoms with Crippen LogP contribution in [0.1, 0.15) is 17.2 Å². The van der Waals surface area contributed by atoms with Gasteiger partial charge in [0.15, 0.2) is 5.54 Å². The monoisotopic (exact) mass is 270 g/mol. The van der Waals surface area contributed by atoms with Gasteiger partial charge >= 0.3 is 5.97 Å². The molecule has 4 nitrogen and oxygen atoms in total. The fourth-order valence-corrected chi connectivity index (χ4v) is 2.23. The van der Waals surface area contributed by atoms with Gasteiger partial charge in [-0.3, -0.25) is 0 Å². The molecule has 0 fully saturated rings. The second-order valence-corrected chi connectivity index (χ2v) is 4.61. The number of carbonyl (C=O) groups is 1. The van der Waals surface area contributed by atoms with E-state index in [2.05, 4.69) is 0 Å². The van der Waals surface area contributed by atoms with Crippen LogP contribution in [0.5, 0.6) is 0 Å². The highest BCUT2D eigenvalue weighted by Gasteiger charge is 2.43. The van der Waals surface area contributed by atoms with Gasteiger partial charge in [-0.25, -0.2) is 4.79 Å². The molecule has 0 aliphatic rings. The van der Waals surface area contributed by atoms with Crippen molar-refractivity contribution in [1.29, 1.82) is 0 Å². The van der Waals surface area contributed by atoms with Crippen LogP contribution in [-0.4, -0.2) is 13.1 Å². The molecule has 0 saturated heterocycles. The van der Waals surface area contributed by atoms with E-state index in [0.717, 1.165) is 5.56 Å². The van der Waals surface area contributed by atoms with E-state index in [4.69, 9.17) is 16.2 Å². The molecule has 0 aliphatic heterocycles. The smallest absolute Gasteiger partial charge is 0.332 e. The van der Waals surface area contributed by atoms with Gasteiger partial charge in [0.05, 0.1) is 13.2 Å². The zero-order valence-corrected chi connectivity index (χ0v) is 11.3. The number of esters is 1. The van der Waals surface area contributed by atoms with Crippen LogP contribution in [0, 0.1) is 0 Å². The third-order valence-electron chi connectivity index (χ3n) is 3.42. The van der Waals surface area contributed by atoms with E-state index < -0.39 is 17.6 Å². The number of hydrogen-bond donors (Lipinski definition) is 2. The van der Waals surface area contributed by atoms with Crippen LogP contribution < -0.4 is 11.5 Å². The first-order chi connectivity index (χ1) is 9.60. The Morgan fingerprint density at radius 3 is 2.05 bits per heavy atom.